The predicted octanol–water partition coefficient (Wildman–Crippen LogP) is 2.72. The van der Waals surface area contributed by atoms with Crippen LogP contribution in [0.3, 0.4) is 0 Å². The Hall–Kier alpha value is -1.71. The summed E-state index contributed by atoms with van der Waals surface area (Å²) in [4.78, 5) is 14.5. The summed E-state index contributed by atoms with van der Waals surface area (Å²) in [5.41, 5.74) is 0.651. The first-order valence-corrected chi connectivity index (χ1v) is 6.63. The minimum atomic E-state index is 0.0680. The molecule has 0 heterocycles. The van der Waals surface area contributed by atoms with Crippen molar-refractivity contribution in [3.63, 3.8) is 0 Å². The maximum absolute atomic E-state index is 12.6. The van der Waals surface area contributed by atoms with Crippen LogP contribution in [0.25, 0.3) is 0 Å². The molecule has 1 aliphatic carbocycles. The van der Waals surface area contributed by atoms with E-state index in [1.807, 2.05) is 4.90 Å². The maximum atomic E-state index is 12.6. The third-order valence-electron chi connectivity index (χ3n) is 3.36. The molecule has 0 saturated heterocycles. The first-order valence-electron chi connectivity index (χ1n) is 6.63. The number of hydrogen-bond donors (Lipinski definition) is 0. The predicted molar refractivity (Wildman–Crippen MR) is 73.9 cm³/mol. The Labute approximate surface area is 114 Å². The molecule has 19 heavy (non-hydrogen) atoms. The fourth-order valence-corrected chi connectivity index (χ4v) is 2.29. The van der Waals surface area contributed by atoms with E-state index in [4.69, 9.17) is 9.47 Å². The molecule has 1 aromatic rings. The van der Waals surface area contributed by atoms with Gasteiger partial charge in [-0.05, 0) is 44.9 Å². The second-order valence-electron chi connectivity index (χ2n) is 5.11. The zero-order valence-electron chi connectivity index (χ0n) is 12.0. The van der Waals surface area contributed by atoms with Gasteiger partial charge in [0.15, 0.2) is 11.5 Å². The van der Waals surface area contributed by atoms with Gasteiger partial charge in [-0.15, -0.1) is 0 Å². The van der Waals surface area contributed by atoms with E-state index in [1.54, 1.807) is 32.4 Å². The lowest BCUT2D eigenvalue weighted by Crippen LogP contribution is -2.38. The Balaban J connectivity index is 2.27. The van der Waals surface area contributed by atoms with Crippen molar-refractivity contribution in [2.75, 3.05) is 14.2 Å². The number of nitrogens with zero attached hydrogens (tertiary/aromatic N) is 1. The van der Waals surface area contributed by atoms with Crippen molar-refractivity contribution in [3.05, 3.63) is 23.8 Å². The Morgan fingerprint density at radius 3 is 2.32 bits per heavy atom. The van der Waals surface area contributed by atoms with Gasteiger partial charge in [-0.25, -0.2) is 0 Å². The lowest BCUT2D eigenvalue weighted by molar-refractivity contribution is 0.0690. The highest BCUT2D eigenvalue weighted by atomic mass is 16.5. The Bertz CT molecular complexity index is 464. The highest BCUT2D eigenvalue weighted by Gasteiger charge is 2.34. The largest absolute Gasteiger partial charge is 0.493 e. The van der Waals surface area contributed by atoms with E-state index in [1.165, 1.54) is 0 Å². The summed E-state index contributed by atoms with van der Waals surface area (Å²) in [6.07, 6.45) is 2.22. The van der Waals surface area contributed by atoms with E-state index in [0.717, 1.165) is 12.8 Å². The van der Waals surface area contributed by atoms with Crippen LogP contribution in [0.2, 0.25) is 0 Å². The summed E-state index contributed by atoms with van der Waals surface area (Å²) in [6.45, 7) is 4.11. The van der Waals surface area contributed by atoms with E-state index >= 15 is 0 Å². The summed E-state index contributed by atoms with van der Waals surface area (Å²) in [5, 5.41) is 0. The average Bonchev–Trinajstić information content (AvgIpc) is 3.22. The van der Waals surface area contributed by atoms with Crippen LogP contribution in [0.4, 0.5) is 0 Å². The van der Waals surface area contributed by atoms with Crippen LogP contribution < -0.4 is 9.47 Å². The van der Waals surface area contributed by atoms with Gasteiger partial charge in [-0.3, -0.25) is 4.79 Å². The molecule has 104 valence electrons. The monoisotopic (exact) mass is 263 g/mol. The molecule has 2 rings (SSSR count). The first-order chi connectivity index (χ1) is 9.08. The van der Waals surface area contributed by atoms with Gasteiger partial charge in [0.05, 0.1) is 14.2 Å². The molecule has 0 radical (unpaired) electrons. The number of hydrogen-bond acceptors (Lipinski definition) is 3. The van der Waals surface area contributed by atoms with Gasteiger partial charge in [-0.1, -0.05) is 0 Å². The standard InChI is InChI=1S/C15H21NO3/c1-10(2)16(12-6-7-12)15(17)11-5-8-13(18-3)14(9-11)19-4/h5,8-10,12H,6-7H2,1-4H3. The molecule has 0 spiro atoms. The second kappa shape index (κ2) is 5.51. The summed E-state index contributed by atoms with van der Waals surface area (Å²) in [7, 11) is 3.16. The summed E-state index contributed by atoms with van der Waals surface area (Å²) in [6, 6.07) is 5.94. The number of carbonyl (C=O) groups is 1. The normalized spacial score (nSPS) is 14.4. The molecule has 4 nitrogen and oxygen atoms in total. The number of rotatable bonds is 5. The Kier molecular flexibility index (Phi) is 3.98. The van der Waals surface area contributed by atoms with Crippen LogP contribution in [0.5, 0.6) is 11.5 Å². The van der Waals surface area contributed by atoms with Crippen molar-refractivity contribution in [2.24, 2.45) is 0 Å². The third kappa shape index (κ3) is 2.83. The van der Waals surface area contributed by atoms with Gasteiger partial charge in [0.1, 0.15) is 0 Å². The molecule has 1 saturated carbocycles. The zero-order chi connectivity index (χ0) is 14.0. The highest BCUT2D eigenvalue weighted by molar-refractivity contribution is 5.95. The molecule has 0 atom stereocenters. The van der Waals surface area contributed by atoms with Crippen LogP contribution in [0.15, 0.2) is 18.2 Å². The average molecular weight is 263 g/mol. The summed E-state index contributed by atoms with van der Waals surface area (Å²) >= 11 is 0. The van der Waals surface area contributed by atoms with Crippen molar-refractivity contribution in [1.82, 2.24) is 4.90 Å². The van der Waals surface area contributed by atoms with Gasteiger partial charge in [0.2, 0.25) is 0 Å². The molecule has 0 N–H and O–H groups in total. The zero-order valence-corrected chi connectivity index (χ0v) is 12.0. The van der Waals surface area contributed by atoms with E-state index in [9.17, 15) is 4.79 Å². The number of carbonyl (C=O) groups excluding carboxylic acids is 1. The molecule has 0 bridgehead atoms. The van der Waals surface area contributed by atoms with Crippen LogP contribution in [-0.2, 0) is 0 Å². The summed E-state index contributed by atoms with van der Waals surface area (Å²) in [5.74, 6) is 1.30. The number of amides is 1. The number of ether oxygens (including phenoxy) is 2. The molecule has 1 aliphatic rings. The van der Waals surface area contributed by atoms with Gasteiger partial charge < -0.3 is 14.4 Å². The molecule has 4 heteroatoms. The smallest absolute Gasteiger partial charge is 0.254 e. The number of benzene rings is 1. The van der Waals surface area contributed by atoms with Crippen molar-refractivity contribution >= 4 is 5.91 Å². The Morgan fingerprint density at radius 2 is 1.84 bits per heavy atom. The van der Waals surface area contributed by atoms with Crippen molar-refractivity contribution in [1.29, 1.82) is 0 Å². The molecule has 1 amide bonds. The minimum Gasteiger partial charge on any atom is -0.493 e. The van der Waals surface area contributed by atoms with Gasteiger partial charge in [0.25, 0.3) is 5.91 Å². The fraction of sp³-hybridized carbons (Fsp3) is 0.533. The van der Waals surface area contributed by atoms with E-state index in [0.29, 0.717) is 23.1 Å². The molecule has 0 unspecified atom stereocenters. The topological polar surface area (TPSA) is 38.8 Å². The molecule has 0 aliphatic heterocycles. The fourth-order valence-electron chi connectivity index (χ4n) is 2.29. The Morgan fingerprint density at radius 1 is 1.21 bits per heavy atom. The van der Waals surface area contributed by atoms with E-state index < -0.39 is 0 Å². The SMILES string of the molecule is COc1ccc(C(=O)N(C(C)C)C2CC2)cc1OC. The molecule has 0 aromatic heterocycles. The quantitative estimate of drug-likeness (QED) is 0.820. The third-order valence-corrected chi connectivity index (χ3v) is 3.36. The van der Waals surface area contributed by atoms with E-state index in [-0.39, 0.29) is 11.9 Å². The van der Waals surface area contributed by atoms with Crippen LogP contribution in [-0.4, -0.2) is 37.1 Å². The highest BCUT2D eigenvalue weighted by Crippen LogP contribution is 2.32. The van der Waals surface area contributed by atoms with Crippen molar-refractivity contribution in [2.45, 2.75) is 38.8 Å². The maximum Gasteiger partial charge on any atom is 0.254 e. The van der Waals surface area contributed by atoms with Crippen molar-refractivity contribution < 1.29 is 14.3 Å². The first kappa shape index (κ1) is 13.7. The molecular formula is C15H21NO3. The van der Waals surface area contributed by atoms with Crippen LogP contribution in [0, 0.1) is 0 Å². The van der Waals surface area contributed by atoms with Gasteiger partial charge in [0, 0.05) is 17.6 Å². The lowest BCUT2D eigenvalue weighted by Gasteiger charge is -2.27. The molecule has 1 aromatic carbocycles. The molecule has 1 fully saturated rings. The van der Waals surface area contributed by atoms with Gasteiger partial charge >= 0.3 is 0 Å². The summed E-state index contributed by atoms with van der Waals surface area (Å²) < 4.78 is 10.4. The lowest BCUT2D eigenvalue weighted by atomic mass is 10.1. The van der Waals surface area contributed by atoms with Gasteiger partial charge in [-0.2, -0.15) is 0 Å². The number of methoxy groups -OCH3 is 2. The molecular weight excluding hydrogens is 242 g/mol. The minimum absolute atomic E-state index is 0.0680. The van der Waals surface area contributed by atoms with E-state index in [2.05, 4.69) is 13.8 Å². The van der Waals surface area contributed by atoms with Crippen LogP contribution in [0.1, 0.15) is 37.0 Å². The van der Waals surface area contributed by atoms with Crippen LogP contribution >= 0.6 is 0 Å². The van der Waals surface area contributed by atoms with Crippen molar-refractivity contribution in [3.8, 4) is 11.5 Å². The second-order valence-corrected chi connectivity index (χ2v) is 5.11.